The summed E-state index contributed by atoms with van der Waals surface area (Å²) in [5.74, 6) is 2.01. The van der Waals surface area contributed by atoms with E-state index in [0.717, 1.165) is 22.8 Å². The van der Waals surface area contributed by atoms with E-state index in [0.29, 0.717) is 25.6 Å². The Hall–Kier alpha value is -2.38. The number of hydrogen-bond donors (Lipinski definition) is 0. The highest BCUT2D eigenvalue weighted by Crippen LogP contribution is 2.20. The molecule has 156 valence electrons. The monoisotopic (exact) mass is 415 g/mol. The van der Waals surface area contributed by atoms with E-state index in [1.807, 2.05) is 61.0 Å². The number of rotatable bonds is 9. The minimum atomic E-state index is -3.55. The Bertz CT molecular complexity index is 1040. The highest BCUT2D eigenvalue weighted by Gasteiger charge is 2.24. The first-order valence-electron chi connectivity index (χ1n) is 9.79. The summed E-state index contributed by atoms with van der Waals surface area (Å²) < 4.78 is 33.7. The first-order valence-corrected chi connectivity index (χ1v) is 11.4. The molecule has 6 nitrogen and oxygen atoms in total. The summed E-state index contributed by atoms with van der Waals surface area (Å²) in [5.41, 5.74) is 1.65. The Labute approximate surface area is 173 Å². The number of hydrogen-bond acceptors (Lipinski definition) is 5. The molecule has 7 heteroatoms. The zero-order chi connectivity index (χ0) is 21.0. The van der Waals surface area contributed by atoms with Gasteiger partial charge in [0.25, 0.3) is 0 Å². The normalized spacial score (nSPS) is 12.2. The standard InChI is InChI=1S/C22H29N3O3S/c1-17(2)13-25-20(14-24(4)15-21-11-10-18(3)28-21)12-23-22(25)29(26,27)16-19-8-6-5-7-9-19/h5-12,17H,13-16H2,1-4H3. The molecule has 2 aromatic heterocycles. The van der Waals surface area contributed by atoms with Crippen molar-refractivity contribution in [3.8, 4) is 0 Å². The third-order valence-corrected chi connectivity index (χ3v) is 6.18. The molecule has 0 bridgehead atoms. The summed E-state index contributed by atoms with van der Waals surface area (Å²) in [6.45, 7) is 7.91. The molecule has 29 heavy (non-hydrogen) atoms. The lowest BCUT2D eigenvalue weighted by Crippen LogP contribution is -2.22. The predicted molar refractivity (Wildman–Crippen MR) is 113 cm³/mol. The topological polar surface area (TPSA) is 68.3 Å². The van der Waals surface area contributed by atoms with Gasteiger partial charge in [0.05, 0.1) is 24.2 Å². The molecule has 0 atom stereocenters. The van der Waals surface area contributed by atoms with Gasteiger partial charge >= 0.3 is 0 Å². The van der Waals surface area contributed by atoms with Crippen LogP contribution in [-0.2, 0) is 35.2 Å². The number of furan rings is 1. The van der Waals surface area contributed by atoms with Crippen LogP contribution in [0.2, 0.25) is 0 Å². The lowest BCUT2D eigenvalue weighted by Gasteiger charge is -2.19. The minimum absolute atomic E-state index is 0.0517. The maximum atomic E-state index is 13.1. The maximum absolute atomic E-state index is 13.1. The summed E-state index contributed by atoms with van der Waals surface area (Å²) in [6.07, 6.45) is 1.68. The summed E-state index contributed by atoms with van der Waals surface area (Å²) in [7, 11) is -1.56. The van der Waals surface area contributed by atoms with Crippen LogP contribution in [0.4, 0.5) is 0 Å². The Morgan fingerprint density at radius 2 is 1.83 bits per heavy atom. The van der Waals surface area contributed by atoms with Gasteiger partial charge in [-0.1, -0.05) is 44.2 Å². The third-order valence-electron chi connectivity index (χ3n) is 4.58. The number of aryl methyl sites for hydroxylation is 1. The molecule has 1 aromatic carbocycles. The number of aromatic nitrogens is 2. The second kappa shape index (κ2) is 8.97. The Balaban J connectivity index is 1.84. The maximum Gasteiger partial charge on any atom is 0.228 e. The van der Waals surface area contributed by atoms with Crippen molar-refractivity contribution >= 4 is 9.84 Å². The van der Waals surface area contributed by atoms with E-state index in [4.69, 9.17) is 4.42 Å². The van der Waals surface area contributed by atoms with Gasteiger partial charge in [-0.05, 0) is 37.6 Å². The SMILES string of the molecule is Cc1ccc(CN(C)Cc2cnc(S(=O)(=O)Cc3ccccc3)n2CC(C)C)o1. The molecule has 0 saturated heterocycles. The van der Waals surface area contributed by atoms with Gasteiger partial charge in [0.1, 0.15) is 11.5 Å². The van der Waals surface area contributed by atoms with E-state index in [1.165, 1.54) is 0 Å². The fraction of sp³-hybridized carbons (Fsp3) is 0.409. The first-order chi connectivity index (χ1) is 13.7. The number of benzene rings is 1. The van der Waals surface area contributed by atoms with Crippen LogP contribution in [-0.4, -0.2) is 29.9 Å². The van der Waals surface area contributed by atoms with E-state index >= 15 is 0 Å². The van der Waals surface area contributed by atoms with Crippen LogP contribution in [0.5, 0.6) is 0 Å². The highest BCUT2D eigenvalue weighted by atomic mass is 32.2. The Morgan fingerprint density at radius 1 is 1.10 bits per heavy atom. The zero-order valence-electron chi connectivity index (χ0n) is 17.5. The van der Waals surface area contributed by atoms with Gasteiger partial charge in [0.2, 0.25) is 15.0 Å². The minimum Gasteiger partial charge on any atom is -0.465 e. The molecular formula is C22H29N3O3S. The van der Waals surface area contributed by atoms with E-state index < -0.39 is 9.84 Å². The van der Waals surface area contributed by atoms with Crippen LogP contribution in [0.25, 0.3) is 0 Å². The molecule has 0 spiro atoms. The van der Waals surface area contributed by atoms with Crippen LogP contribution >= 0.6 is 0 Å². The lowest BCUT2D eigenvalue weighted by atomic mass is 10.2. The molecule has 0 N–H and O–H groups in total. The van der Waals surface area contributed by atoms with Crippen LogP contribution in [0, 0.1) is 12.8 Å². The molecule has 3 aromatic rings. The molecule has 0 amide bonds. The molecule has 2 heterocycles. The Kier molecular flexibility index (Phi) is 6.59. The molecule has 3 rings (SSSR count). The fourth-order valence-electron chi connectivity index (χ4n) is 3.35. The van der Waals surface area contributed by atoms with E-state index in [2.05, 4.69) is 23.7 Å². The van der Waals surface area contributed by atoms with Crippen LogP contribution < -0.4 is 0 Å². The number of nitrogens with zero attached hydrogens (tertiary/aromatic N) is 3. The van der Waals surface area contributed by atoms with Gasteiger partial charge in [0, 0.05) is 13.1 Å². The van der Waals surface area contributed by atoms with Crippen LogP contribution in [0.1, 0.15) is 36.6 Å². The van der Waals surface area contributed by atoms with Crippen molar-refractivity contribution in [2.75, 3.05) is 7.05 Å². The van der Waals surface area contributed by atoms with E-state index in [1.54, 1.807) is 6.20 Å². The van der Waals surface area contributed by atoms with Gasteiger partial charge in [0.15, 0.2) is 0 Å². The van der Waals surface area contributed by atoms with Gasteiger partial charge in [-0.2, -0.15) is 0 Å². The largest absolute Gasteiger partial charge is 0.465 e. The molecule has 0 unspecified atom stereocenters. The quantitative estimate of drug-likeness (QED) is 0.527. The highest BCUT2D eigenvalue weighted by molar-refractivity contribution is 7.90. The van der Waals surface area contributed by atoms with E-state index in [9.17, 15) is 8.42 Å². The summed E-state index contributed by atoms with van der Waals surface area (Å²) in [4.78, 5) is 6.42. The van der Waals surface area contributed by atoms with Crippen molar-refractivity contribution in [1.29, 1.82) is 0 Å². The summed E-state index contributed by atoms with van der Waals surface area (Å²) in [6, 6.07) is 13.1. The molecule has 0 aliphatic carbocycles. The van der Waals surface area contributed by atoms with Crippen LogP contribution in [0.15, 0.2) is 58.2 Å². The second-order valence-corrected chi connectivity index (χ2v) is 9.85. The van der Waals surface area contributed by atoms with Crippen molar-refractivity contribution < 1.29 is 12.8 Å². The first kappa shape index (κ1) is 21.3. The predicted octanol–water partition coefficient (Wildman–Crippen LogP) is 4.05. The molecule has 0 aliphatic rings. The van der Waals surface area contributed by atoms with Gasteiger partial charge < -0.3 is 8.98 Å². The third kappa shape index (κ3) is 5.58. The molecule has 0 aliphatic heterocycles. The summed E-state index contributed by atoms with van der Waals surface area (Å²) in [5, 5.41) is 0.146. The van der Waals surface area contributed by atoms with E-state index in [-0.39, 0.29) is 10.9 Å². The zero-order valence-corrected chi connectivity index (χ0v) is 18.3. The van der Waals surface area contributed by atoms with Gasteiger partial charge in [-0.25, -0.2) is 13.4 Å². The molecule has 0 saturated carbocycles. The van der Waals surface area contributed by atoms with Gasteiger partial charge in [-0.3, -0.25) is 4.90 Å². The molecule has 0 fully saturated rings. The number of sulfone groups is 1. The summed E-state index contributed by atoms with van der Waals surface area (Å²) >= 11 is 0. The fourth-order valence-corrected chi connectivity index (χ4v) is 4.85. The van der Waals surface area contributed by atoms with Crippen molar-refractivity contribution in [3.05, 3.63) is 71.4 Å². The second-order valence-electron chi connectivity index (χ2n) is 7.97. The molecule has 0 radical (unpaired) electrons. The number of imidazole rings is 1. The van der Waals surface area contributed by atoms with Gasteiger partial charge in [-0.15, -0.1) is 0 Å². The average Bonchev–Trinajstić information content (AvgIpc) is 3.22. The van der Waals surface area contributed by atoms with Crippen molar-refractivity contribution in [2.24, 2.45) is 5.92 Å². The van der Waals surface area contributed by atoms with Crippen LogP contribution in [0.3, 0.4) is 0 Å². The Morgan fingerprint density at radius 3 is 2.45 bits per heavy atom. The lowest BCUT2D eigenvalue weighted by molar-refractivity contribution is 0.275. The van der Waals surface area contributed by atoms with Crippen molar-refractivity contribution in [2.45, 2.75) is 51.3 Å². The van der Waals surface area contributed by atoms with Crippen molar-refractivity contribution in [1.82, 2.24) is 14.5 Å². The average molecular weight is 416 g/mol. The molecular weight excluding hydrogens is 386 g/mol. The van der Waals surface area contributed by atoms with Crippen molar-refractivity contribution in [3.63, 3.8) is 0 Å². The smallest absolute Gasteiger partial charge is 0.228 e.